The van der Waals surface area contributed by atoms with Crippen molar-refractivity contribution in [2.75, 3.05) is 13.7 Å². The van der Waals surface area contributed by atoms with Gasteiger partial charge >= 0.3 is 0 Å². The summed E-state index contributed by atoms with van der Waals surface area (Å²) in [6.45, 7) is 2.74. The smallest absolute Gasteiger partial charge is 0.171 e. The zero-order chi connectivity index (χ0) is 13.4. The fraction of sp³-hybridized carbons (Fsp3) is 0.500. The maximum absolute atomic E-state index is 11.0. The second kappa shape index (κ2) is 7.98. The van der Waals surface area contributed by atoms with Crippen molar-refractivity contribution in [3.8, 4) is 11.5 Å². The largest absolute Gasteiger partial charge is 0.493 e. The van der Waals surface area contributed by atoms with Gasteiger partial charge in [0, 0.05) is 11.1 Å². The van der Waals surface area contributed by atoms with Crippen molar-refractivity contribution in [2.24, 2.45) is 0 Å². The third-order valence-corrected chi connectivity index (χ3v) is 2.86. The highest BCUT2D eigenvalue weighted by atomic mass is 35.5. The van der Waals surface area contributed by atoms with E-state index in [1.54, 1.807) is 12.1 Å². The Morgan fingerprint density at radius 3 is 2.67 bits per heavy atom. The van der Waals surface area contributed by atoms with Crippen LogP contribution in [-0.2, 0) is 0 Å². The molecule has 0 spiro atoms. The molecule has 3 nitrogen and oxygen atoms in total. The molecule has 0 aliphatic heterocycles. The minimum atomic E-state index is 0.426. The maximum Gasteiger partial charge on any atom is 0.171 e. The van der Waals surface area contributed by atoms with E-state index in [1.807, 2.05) is 0 Å². The van der Waals surface area contributed by atoms with Crippen molar-refractivity contribution < 1.29 is 14.3 Å². The van der Waals surface area contributed by atoms with Crippen LogP contribution in [0.5, 0.6) is 11.5 Å². The predicted octanol–water partition coefficient (Wildman–Crippen LogP) is 4.12. The Kier molecular flexibility index (Phi) is 6.58. The fourth-order valence-electron chi connectivity index (χ4n) is 1.69. The van der Waals surface area contributed by atoms with E-state index >= 15 is 0 Å². The molecular weight excluding hydrogens is 252 g/mol. The zero-order valence-electron chi connectivity index (χ0n) is 10.9. The van der Waals surface area contributed by atoms with Gasteiger partial charge < -0.3 is 9.47 Å². The summed E-state index contributed by atoms with van der Waals surface area (Å²) in [5.41, 5.74) is 0.426. The number of benzene rings is 1. The van der Waals surface area contributed by atoms with Crippen molar-refractivity contribution in [1.29, 1.82) is 0 Å². The van der Waals surface area contributed by atoms with E-state index in [4.69, 9.17) is 21.1 Å². The molecule has 1 aromatic carbocycles. The molecular formula is C14H19ClO3. The average Bonchev–Trinajstić information content (AvgIpc) is 2.39. The van der Waals surface area contributed by atoms with Crippen LogP contribution in [0.25, 0.3) is 0 Å². The lowest BCUT2D eigenvalue weighted by Crippen LogP contribution is -2.02. The summed E-state index contributed by atoms with van der Waals surface area (Å²) in [6, 6.07) is 3.23. The van der Waals surface area contributed by atoms with Crippen LogP contribution < -0.4 is 9.47 Å². The number of carbonyl (C=O) groups is 1. The first-order valence-corrected chi connectivity index (χ1v) is 6.56. The summed E-state index contributed by atoms with van der Waals surface area (Å²) in [6.07, 6.45) is 5.21. The normalized spacial score (nSPS) is 10.2. The third-order valence-electron chi connectivity index (χ3n) is 2.64. The Morgan fingerprint density at radius 1 is 1.28 bits per heavy atom. The Bertz CT molecular complexity index is 391. The maximum atomic E-state index is 11.0. The number of aldehydes is 1. The Labute approximate surface area is 113 Å². The minimum absolute atomic E-state index is 0.426. The molecule has 0 radical (unpaired) electrons. The quantitative estimate of drug-likeness (QED) is 0.526. The molecule has 1 rings (SSSR count). The first-order valence-electron chi connectivity index (χ1n) is 6.18. The Hall–Kier alpha value is -1.22. The van der Waals surface area contributed by atoms with Crippen molar-refractivity contribution in [3.05, 3.63) is 22.7 Å². The van der Waals surface area contributed by atoms with Crippen molar-refractivity contribution in [1.82, 2.24) is 0 Å². The summed E-state index contributed by atoms with van der Waals surface area (Å²) < 4.78 is 10.8. The molecule has 4 heteroatoms. The van der Waals surface area contributed by atoms with E-state index in [0.29, 0.717) is 28.7 Å². The van der Waals surface area contributed by atoms with Crippen LogP contribution >= 0.6 is 11.6 Å². The molecule has 0 aliphatic carbocycles. The summed E-state index contributed by atoms with van der Waals surface area (Å²) in [4.78, 5) is 11.0. The van der Waals surface area contributed by atoms with Crippen LogP contribution in [-0.4, -0.2) is 20.0 Å². The highest BCUT2D eigenvalue weighted by Gasteiger charge is 2.12. The lowest BCUT2D eigenvalue weighted by Gasteiger charge is -2.13. The van der Waals surface area contributed by atoms with Crippen LogP contribution in [0.15, 0.2) is 12.1 Å². The highest BCUT2D eigenvalue weighted by molar-refractivity contribution is 6.31. The number of ether oxygens (including phenoxy) is 2. The van der Waals surface area contributed by atoms with Gasteiger partial charge in [0.15, 0.2) is 17.8 Å². The van der Waals surface area contributed by atoms with Gasteiger partial charge in [-0.3, -0.25) is 4.79 Å². The lowest BCUT2D eigenvalue weighted by molar-refractivity contribution is 0.111. The van der Waals surface area contributed by atoms with E-state index in [-0.39, 0.29) is 0 Å². The number of methoxy groups -OCH3 is 1. The molecule has 0 aliphatic rings. The summed E-state index contributed by atoms with van der Waals surface area (Å²) in [5, 5.41) is 0.465. The fourth-order valence-corrected chi connectivity index (χ4v) is 1.90. The number of carbonyl (C=O) groups excluding carboxylic acids is 1. The van der Waals surface area contributed by atoms with Crippen LogP contribution in [0.2, 0.25) is 5.02 Å². The van der Waals surface area contributed by atoms with Gasteiger partial charge in [-0.25, -0.2) is 0 Å². The molecule has 0 saturated heterocycles. The minimum Gasteiger partial charge on any atom is -0.493 e. The Morgan fingerprint density at radius 2 is 2.06 bits per heavy atom. The first-order chi connectivity index (χ1) is 8.72. The number of hydrogen-bond donors (Lipinski definition) is 0. The molecule has 0 aromatic heterocycles. The number of rotatable bonds is 8. The SMILES string of the molecule is CCCCCCOc1c(C=O)cc(Cl)cc1OC. The van der Waals surface area contributed by atoms with Gasteiger partial charge in [-0.05, 0) is 12.5 Å². The van der Waals surface area contributed by atoms with Gasteiger partial charge in [-0.2, -0.15) is 0 Å². The van der Waals surface area contributed by atoms with Gasteiger partial charge in [-0.1, -0.05) is 37.8 Å². The van der Waals surface area contributed by atoms with Gasteiger partial charge in [-0.15, -0.1) is 0 Å². The molecule has 0 heterocycles. The van der Waals surface area contributed by atoms with Crippen LogP contribution in [0, 0.1) is 0 Å². The highest BCUT2D eigenvalue weighted by Crippen LogP contribution is 2.33. The van der Waals surface area contributed by atoms with Crippen LogP contribution in [0.3, 0.4) is 0 Å². The van der Waals surface area contributed by atoms with E-state index < -0.39 is 0 Å². The van der Waals surface area contributed by atoms with Gasteiger partial charge in [0.25, 0.3) is 0 Å². The topological polar surface area (TPSA) is 35.5 Å². The molecule has 0 N–H and O–H groups in total. The second-order valence-corrected chi connectivity index (χ2v) is 4.49. The van der Waals surface area contributed by atoms with E-state index in [0.717, 1.165) is 19.1 Å². The number of halogens is 1. The second-order valence-electron chi connectivity index (χ2n) is 4.05. The Balaban J connectivity index is 2.70. The molecule has 0 saturated carbocycles. The van der Waals surface area contributed by atoms with Gasteiger partial charge in [0.05, 0.1) is 19.3 Å². The molecule has 0 unspecified atom stereocenters. The van der Waals surface area contributed by atoms with Gasteiger partial charge in [0.1, 0.15) is 0 Å². The third kappa shape index (κ3) is 4.22. The zero-order valence-corrected chi connectivity index (χ0v) is 11.6. The van der Waals surface area contributed by atoms with Crippen molar-refractivity contribution in [2.45, 2.75) is 32.6 Å². The molecule has 0 atom stereocenters. The summed E-state index contributed by atoms with van der Waals surface area (Å²) in [5.74, 6) is 0.980. The van der Waals surface area contributed by atoms with E-state index in [1.165, 1.54) is 20.0 Å². The molecule has 100 valence electrons. The van der Waals surface area contributed by atoms with Crippen LogP contribution in [0.1, 0.15) is 43.0 Å². The molecule has 18 heavy (non-hydrogen) atoms. The van der Waals surface area contributed by atoms with E-state index in [2.05, 4.69) is 6.92 Å². The van der Waals surface area contributed by atoms with Gasteiger partial charge in [0.2, 0.25) is 0 Å². The monoisotopic (exact) mass is 270 g/mol. The number of hydrogen-bond acceptors (Lipinski definition) is 3. The standard InChI is InChI=1S/C14H19ClO3/c1-3-4-5-6-7-18-14-11(10-16)8-12(15)9-13(14)17-2/h8-10H,3-7H2,1-2H3. The first kappa shape index (κ1) is 14.8. The predicted molar refractivity (Wildman–Crippen MR) is 73.0 cm³/mol. The van der Waals surface area contributed by atoms with Crippen LogP contribution in [0.4, 0.5) is 0 Å². The molecule has 0 bridgehead atoms. The summed E-state index contributed by atoms with van der Waals surface area (Å²) >= 11 is 5.89. The van der Waals surface area contributed by atoms with Crippen molar-refractivity contribution >= 4 is 17.9 Å². The lowest BCUT2D eigenvalue weighted by atomic mass is 10.2. The number of unbranched alkanes of at least 4 members (excludes halogenated alkanes) is 3. The molecule has 0 amide bonds. The average molecular weight is 271 g/mol. The van der Waals surface area contributed by atoms with E-state index in [9.17, 15) is 4.79 Å². The van der Waals surface area contributed by atoms with Crippen molar-refractivity contribution in [3.63, 3.8) is 0 Å². The molecule has 0 fully saturated rings. The molecule has 1 aromatic rings. The summed E-state index contributed by atoms with van der Waals surface area (Å²) in [7, 11) is 1.53.